The minimum Gasteiger partial charge on any atom is -0.481 e. The standard InChI is InChI=1S/C13H14ClN3O2S2/c1-7-6-9(4-5-10(7)14)19-8(2)11(18)15-12-16-17-13(20-3)21-12/h4-6,8H,1-3H3,(H,15,16,18)/t8-/m1/s1. The number of aryl methyl sites for hydroxylation is 1. The Bertz CT molecular complexity index is 648. The van der Waals surface area contributed by atoms with Crippen LogP contribution in [0.4, 0.5) is 5.13 Å². The Balaban J connectivity index is 1.97. The van der Waals surface area contributed by atoms with E-state index in [1.54, 1.807) is 25.1 Å². The number of hydrogen-bond donors (Lipinski definition) is 1. The van der Waals surface area contributed by atoms with Crippen LogP contribution >= 0.6 is 34.7 Å². The highest BCUT2D eigenvalue weighted by molar-refractivity contribution is 8.00. The number of carbonyl (C=O) groups excluding carboxylic acids is 1. The number of anilines is 1. The van der Waals surface area contributed by atoms with Crippen molar-refractivity contribution < 1.29 is 9.53 Å². The number of aromatic nitrogens is 2. The molecule has 0 saturated carbocycles. The van der Waals surface area contributed by atoms with Gasteiger partial charge in [0, 0.05) is 5.02 Å². The topological polar surface area (TPSA) is 64.1 Å². The van der Waals surface area contributed by atoms with Gasteiger partial charge in [0.15, 0.2) is 10.4 Å². The van der Waals surface area contributed by atoms with Crippen molar-refractivity contribution in [2.45, 2.75) is 24.3 Å². The molecule has 1 aromatic heterocycles. The number of amides is 1. The predicted molar refractivity (Wildman–Crippen MR) is 86.6 cm³/mol. The van der Waals surface area contributed by atoms with Crippen molar-refractivity contribution in [3.05, 3.63) is 28.8 Å². The van der Waals surface area contributed by atoms with Gasteiger partial charge in [-0.3, -0.25) is 10.1 Å². The Morgan fingerprint density at radius 2 is 2.24 bits per heavy atom. The second-order valence-electron chi connectivity index (χ2n) is 4.24. The molecule has 2 aromatic rings. The van der Waals surface area contributed by atoms with Crippen molar-refractivity contribution in [3.8, 4) is 5.75 Å². The van der Waals surface area contributed by atoms with E-state index in [0.717, 1.165) is 9.90 Å². The molecule has 2 rings (SSSR count). The second-order valence-corrected chi connectivity index (χ2v) is 6.68. The van der Waals surface area contributed by atoms with Crippen LogP contribution in [0.3, 0.4) is 0 Å². The predicted octanol–water partition coefficient (Wildman–Crippen LogP) is 3.63. The smallest absolute Gasteiger partial charge is 0.266 e. The van der Waals surface area contributed by atoms with Crippen molar-refractivity contribution in [1.29, 1.82) is 0 Å². The number of thioether (sulfide) groups is 1. The van der Waals surface area contributed by atoms with Crippen LogP contribution in [0, 0.1) is 6.92 Å². The fourth-order valence-electron chi connectivity index (χ4n) is 1.50. The van der Waals surface area contributed by atoms with Gasteiger partial charge in [-0.25, -0.2) is 0 Å². The first-order chi connectivity index (χ1) is 9.99. The Labute approximate surface area is 136 Å². The quantitative estimate of drug-likeness (QED) is 0.663. The zero-order chi connectivity index (χ0) is 15.4. The number of ether oxygens (including phenoxy) is 1. The molecule has 1 N–H and O–H groups in total. The summed E-state index contributed by atoms with van der Waals surface area (Å²) in [5.41, 5.74) is 0.899. The summed E-state index contributed by atoms with van der Waals surface area (Å²) in [6, 6.07) is 5.27. The number of nitrogens with zero attached hydrogens (tertiary/aromatic N) is 2. The van der Waals surface area contributed by atoms with Crippen molar-refractivity contribution >= 4 is 45.7 Å². The van der Waals surface area contributed by atoms with E-state index in [9.17, 15) is 4.79 Å². The third-order valence-corrected chi connectivity index (χ3v) is 4.86. The van der Waals surface area contributed by atoms with Crippen LogP contribution in [0.15, 0.2) is 22.5 Å². The summed E-state index contributed by atoms with van der Waals surface area (Å²) in [6.07, 6.45) is 1.26. The maximum Gasteiger partial charge on any atom is 0.266 e. The van der Waals surface area contributed by atoms with Gasteiger partial charge in [-0.1, -0.05) is 34.7 Å². The lowest BCUT2D eigenvalue weighted by Gasteiger charge is -2.14. The summed E-state index contributed by atoms with van der Waals surface area (Å²) in [5, 5.41) is 11.6. The van der Waals surface area contributed by atoms with Gasteiger partial charge < -0.3 is 4.74 Å². The Kier molecular flexibility index (Phi) is 5.44. The molecule has 8 heteroatoms. The van der Waals surface area contributed by atoms with Crippen LogP contribution < -0.4 is 10.1 Å². The lowest BCUT2D eigenvalue weighted by Crippen LogP contribution is -2.30. The van der Waals surface area contributed by atoms with E-state index in [-0.39, 0.29) is 5.91 Å². The lowest BCUT2D eigenvalue weighted by molar-refractivity contribution is -0.122. The largest absolute Gasteiger partial charge is 0.481 e. The number of rotatable bonds is 5. The summed E-state index contributed by atoms with van der Waals surface area (Å²) in [6.45, 7) is 3.56. The molecule has 1 aromatic carbocycles. The minimum atomic E-state index is -0.646. The maximum absolute atomic E-state index is 12.0. The molecule has 0 unspecified atom stereocenters. The Morgan fingerprint density at radius 1 is 1.48 bits per heavy atom. The third kappa shape index (κ3) is 4.33. The summed E-state index contributed by atoms with van der Waals surface area (Å²) < 4.78 is 6.40. The van der Waals surface area contributed by atoms with Crippen LogP contribution in [-0.2, 0) is 4.79 Å². The first-order valence-corrected chi connectivity index (χ1v) is 8.52. The zero-order valence-corrected chi connectivity index (χ0v) is 14.1. The monoisotopic (exact) mass is 343 g/mol. The second kappa shape index (κ2) is 7.11. The van der Waals surface area contributed by atoms with Crippen molar-refractivity contribution in [3.63, 3.8) is 0 Å². The SMILES string of the molecule is CSc1nnc(NC(=O)[C@@H](C)Oc2ccc(Cl)c(C)c2)s1. The summed E-state index contributed by atoms with van der Waals surface area (Å²) in [7, 11) is 0. The van der Waals surface area contributed by atoms with E-state index in [1.165, 1.54) is 23.1 Å². The van der Waals surface area contributed by atoms with Gasteiger partial charge in [-0.05, 0) is 43.9 Å². The fourth-order valence-corrected chi connectivity index (χ4v) is 2.79. The van der Waals surface area contributed by atoms with E-state index < -0.39 is 6.10 Å². The molecule has 0 bridgehead atoms. The molecule has 0 aliphatic heterocycles. The first kappa shape index (κ1) is 16.1. The van der Waals surface area contributed by atoms with Crippen molar-refractivity contribution in [2.75, 3.05) is 11.6 Å². The van der Waals surface area contributed by atoms with Gasteiger partial charge in [0.25, 0.3) is 5.91 Å². The molecule has 5 nitrogen and oxygen atoms in total. The molecule has 1 heterocycles. The van der Waals surface area contributed by atoms with Gasteiger partial charge in [0.1, 0.15) is 5.75 Å². The average molecular weight is 344 g/mol. The van der Waals surface area contributed by atoms with Crippen LogP contribution in [0.5, 0.6) is 5.75 Å². The first-order valence-electron chi connectivity index (χ1n) is 6.10. The number of halogens is 1. The molecule has 21 heavy (non-hydrogen) atoms. The molecule has 0 radical (unpaired) electrons. The minimum absolute atomic E-state index is 0.272. The van der Waals surface area contributed by atoms with Crippen LogP contribution in [0.2, 0.25) is 5.02 Å². The molecular formula is C13H14ClN3O2S2. The van der Waals surface area contributed by atoms with Gasteiger partial charge in [0.2, 0.25) is 5.13 Å². The average Bonchev–Trinajstić information content (AvgIpc) is 2.90. The normalized spacial score (nSPS) is 12.0. The third-order valence-electron chi connectivity index (χ3n) is 2.62. The lowest BCUT2D eigenvalue weighted by atomic mass is 10.2. The van der Waals surface area contributed by atoms with E-state index in [2.05, 4.69) is 15.5 Å². The highest BCUT2D eigenvalue weighted by Crippen LogP contribution is 2.24. The van der Waals surface area contributed by atoms with Crippen LogP contribution in [-0.4, -0.2) is 28.5 Å². The fraction of sp³-hybridized carbons (Fsp3) is 0.308. The van der Waals surface area contributed by atoms with Gasteiger partial charge in [-0.15, -0.1) is 10.2 Å². The van der Waals surface area contributed by atoms with E-state index in [1.807, 2.05) is 13.2 Å². The van der Waals surface area contributed by atoms with Crippen LogP contribution in [0.1, 0.15) is 12.5 Å². The van der Waals surface area contributed by atoms with E-state index >= 15 is 0 Å². The molecule has 0 spiro atoms. The van der Waals surface area contributed by atoms with Crippen molar-refractivity contribution in [1.82, 2.24) is 10.2 Å². The summed E-state index contributed by atoms with van der Waals surface area (Å²) in [5.74, 6) is 0.327. The van der Waals surface area contributed by atoms with Gasteiger partial charge in [0.05, 0.1) is 0 Å². The molecule has 112 valence electrons. The molecule has 0 saturated heterocycles. The Morgan fingerprint density at radius 3 is 2.86 bits per heavy atom. The number of nitrogens with one attached hydrogen (secondary N) is 1. The van der Waals surface area contributed by atoms with Crippen LogP contribution in [0.25, 0.3) is 0 Å². The van der Waals surface area contributed by atoms with Crippen molar-refractivity contribution in [2.24, 2.45) is 0 Å². The Hall–Kier alpha value is -1.31. The highest BCUT2D eigenvalue weighted by Gasteiger charge is 2.17. The molecule has 0 fully saturated rings. The molecule has 0 aliphatic carbocycles. The van der Waals surface area contributed by atoms with E-state index in [4.69, 9.17) is 16.3 Å². The maximum atomic E-state index is 12.0. The zero-order valence-electron chi connectivity index (χ0n) is 11.7. The number of carbonyl (C=O) groups is 1. The molecule has 1 amide bonds. The highest BCUT2D eigenvalue weighted by atomic mass is 35.5. The van der Waals surface area contributed by atoms with E-state index in [0.29, 0.717) is 15.9 Å². The summed E-state index contributed by atoms with van der Waals surface area (Å²) >= 11 is 8.76. The molecular weight excluding hydrogens is 330 g/mol. The van der Waals surface area contributed by atoms with Gasteiger partial charge in [-0.2, -0.15) is 0 Å². The van der Waals surface area contributed by atoms with Gasteiger partial charge >= 0.3 is 0 Å². The number of hydrogen-bond acceptors (Lipinski definition) is 6. The molecule has 1 atom stereocenters. The number of benzene rings is 1. The summed E-state index contributed by atoms with van der Waals surface area (Å²) in [4.78, 5) is 12.0. The molecule has 0 aliphatic rings.